The molecule has 13 heteroatoms. The number of aromatic amines is 1. The molecule has 7 rings (SSSR count). The van der Waals surface area contributed by atoms with Gasteiger partial charge in [-0.15, -0.1) is 11.8 Å². The molecule has 4 fully saturated rings. The number of benzene rings is 1. The second-order valence-electron chi connectivity index (χ2n) is 11.8. The summed E-state index contributed by atoms with van der Waals surface area (Å²) in [5.74, 6) is -2.46. The summed E-state index contributed by atoms with van der Waals surface area (Å²) >= 11 is 6.37. The maximum atomic E-state index is 13.6. The number of ether oxygens (including phenoxy) is 1. The summed E-state index contributed by atoms with van der Waals surface area (Å²) in [5, 5.41) is 9.96. The molecular weight excluding hydrogens is 646 g/mol. The van der Waals surface area contributed by atoms with Gasteiger partial charge in [-0.3, -0.25) is 28.9 Å². The number of nitrogens with one attached hydrogen (secondary N) is 1. The molecule has 2 saturated heterocycles. The van der Waals surface area contributed by atoms with Crippen molar-refractivity contribution >= 4 is 62.7 Å². The molecule has 1 aromatic heterocycles. The third kappa shape index (κ3) is 4.54. The Kier molecular flexibility index (Phi) is 7.25. The number of thiazole rings is 1. The van der Waals surface area contributed by atoms with Crippen LogP contribution in [0.1, 0.15) is 48.5 Å². The molecule has 3 amide bonds. The Morgan fingerprint density at radius 3 is 2.55 bits per heavy atom. The number of likely N-dealkylation sites (tertiary alicyclic amines) is 2. The molecule has 6 unspecified atom stereocenters. The van der Waals surface area contributed by atoms with Crippen LogP contribution in [0.2, 0.25) is 0 Å². The van der Waals surface area contributed by atoms with E-state index < -0.39 is 17.8 Å². The zero-order valence-electron chi connectivity index (χ0n) is 22.6. The van der Waals surface area contributed by atoms with E-state index in [1.807, 2.05) is 23.1 Å². The molecule has 2 aliphatic carbocycles. The van der Waals surface area contributed by atoms with Crippen molar-refractivity contribution in [1.82, 2.24) is 14.8 Å². The van der Waals surface area contributed by atoms with Gasteiger partial charge in [0.2, 0.25) is 11.8 Å². The van der Waals surface area contributed by atoms with Crippen molar-refractivity contribution in [3.8, 4) is 5.75 Å². The number of nitrogens with zero attached hydrogens (tertiary/aromatic N) is 2. The van der Waals surface area contributed by atoms with Gasteiger partial charge in [0, 0.05) is 45.7 Å². The lowest BCUT2D eigenvalue weighted by atomic mass is 9.68. The second-order valence-corrected chi connectivity index (χ2v) is 15.0. The maximum Gasteiger partial charge on any atom is 0.305 e. The molecule has 4 heterocycles. The van der Waals surface area contributed by atoms with E-state index in [9.17, 15) is 29.1 Å². The molecule has 222 valence electrons. The summed E-state index contributed by atoms with van der Waals surface area (Å²) in [6, 6.07) is 5.70. The van der Waals surface area contributed by atoms with Gasteiger partial charge in [-0.05, 0) is 61.6 Å². The van der Waals surface area contributed by atoms with Crippen LogP contribution in [0, 0.1) is 29.6 Å². The highest BCUT2D eigenvalue weighted by Gasteiger charge is 2.69. The van der Waals surface area contributed by atoms with Crippen LogP contribution >= 0.6 is 39.0 Å². The number of piperidine rings is 1. The summed E-state index contributed by atoms with van der Waals surface area (Å²) < 4.78 is 7.05. The number of fused-ring (bicyclic) bond motifs is 9. The number of carbonyl (C=O) groups excluding carboxylic acids is 3. The molecule has 1 aromatic carbocycles. The van der Waals surface area contributed by atoms with Crippen molar-refractivity contribution < 1.29 is 29.0 Å². The fraction of sp³-hybridized carbons (Fsp3) is 0.552. The summed E-state index contributed by atoms with van der Waals surface area (Å²) in [7, 11) is 0. The van der Waals surface area contributed by atoms with E-state index in [4.69, 9.17) is 4.74 Å². The zero-order chi connectivity index (χ0) is 29.3. The second kappa shape index (κ2) is 10.8. The van der Waals surface area contributed by atoms with Crippen LogP contribution in [0.4, 0.5) is 0 Å². The third-order valence-corrected chi connectivity index (χ3v) is 12.8. The Labute approximate surface area is 258 Å². The minimum Gasteiger partial charge on any atom is -0.483 e. The first-order valence-electron chi connectivity index (χ1n) is 14.4. The van der Waals surface area contributed by atoms with Crippen LogP contribution in [0.25, 0.3) is 0 Å². The van der Waals surface area contributed by atoms with Gasteiger partial charge in [0.15, 0.2) is 6.61 Å². The minimum atomic E-state index is -1.05. The van der Waals surface area contributed by atoms with E-state index in [2.05, 4.69) is 20.9 Å². The highest BCUT2D eigenvalue weighted by atomic mass is 79.9. The van der Waals surface area contributed by atoms with Gasteiger partial charge in [-0.25, -0.2) is 0 Å². The van der Waals surface area contributed by atoms with Gasteiger partial charge in [0.05, 0.1) is 23.3 Å². The largest absolute Gasteiger partial charge is 0.483 e. The van der Waals surface area contributed by atoms with Crippen molar-refractivity contribution in [2.45, 2.75) is 48.3 Å². The number of aromatic nitrogens is 1. The SMILES string of the molecule is O=C(O)CCN1C(=O)C2C3CC(C2C1=O)C1C3Sc2[nH]c(=O)sc2[C@@H]1c1cc(Br)ccc1OCC(=O)N1CCCCC1. The van der Waals surface area contributed by atoms with Crippen LogP contribution in [0.3, 0.4) is 0 Å². The lowest BCUT2D eigenvalue weighted by Crippen LogP contribution is -2.43. The van der Waals surface area contributed by atoms with Crippen LogP contribution < -0.4 is 9.61 Å². The van der Waals surface area contributed by atoms with Gasteiger partial charge in [0.25, 0.3) is 5.91 Å². The molecule has 2 aromatic rings. The highest BCUT2D eigenvalue weighted by Crippen LogP contribution is 2.69. The number of carboxylic acids is 1. The first-order chi connectivity index (χ1) is 20.2. The van der Waals surface area contributed by atoms with E-state index in [0.717, 1.165) is 74.9 Å². The molecule has 5 aliphatic rings. The highest BCUT2D eigenvalue weighted by molar-refractivity contribution is 9.10. The van der Waals surface area contributed by atoms with Gasteiger partial charge < -0.3 is 19.7 Å². The Hall–Kier alpha value is -2.64. The van der Waals surface area contributed by atoms with Crippen molar-refractivity contribution in [1.29, 1.82) is 0 Å². The number of thioether (sulfide) groups is 1. The third-order valence-electron chi connectivity index (χ3n) is 9.73. The van der Waals surface area contributed by atoms with Gasteiger partial charge in [-0.2, -0.15) is 0 Å². The summed E-state index contributed by atoms with van der Waals surface area (Å²) in [6.45, 7) is 1.28. The minimum absolute atomic E-state index is 0.00279. The quantitative estimate of drug-likeness (QED) is 0.426. The van der Waals surface area contributed by atoms with Crippen LogP contribution in [0.5, 0.6) is 5.75 Å². The van der Waals surface area contributed by atoms with Gasteiger partial charge in [0.1, 0.15) is 5.75 Å². The summed E-state index contributed by atoms with van der Waals surface area (Å²) in [4.78, 5) is 70.6. The number of amides is 3. The van der Waals surface area contributed by atoms with Gasteiger partial charge >= 0.3 is 10.8 Å². The molecule has 0 radical (unpaired) electrons. The monoisotopic (exact) mass is 675 g/mol. The predicted molar refractivity (Wildman–Crippen MR) is 158 cm³/mol. The van der Waals surface area contributed by atoms with E-state index in [-0.39, 0.29) is 71.1 Å². The average molecular weight is 677 g/mol. The Balaban J connectivity index is 1.24. The Morgan fingerprint density at radius 1 is 1.07 bits per heavy atom. The van der Waals surface area contributed by atoms with Crippen molar-refractivity contribution in [2.75, 3.05) is 26.2 Å². The topological polar surface area (TPSA) is 137 Å². The first kappa shape index (κ1) is 28.1. The molecule has 42 heavy (non-hydrogen) atoms. The molecule has 2 N–H and O–H groups in total. The molecule has 2 saturated carbocycles. The fourth-order valence-electron chi connectivity index (χ4n) is 8.12. The van der Waals surface area contributed by atoms with E-state index in [1.54, 1.807) is 11.8 Å². The molecular formula is C29H30BrN3O7S2. The Bertz CT molecular complexity index is 1540. The van der Waals surface area contributed by atoms with Crippen LogP contribution in [0.15, 0.2) is 32.5 Å². The maximum absolute atomic E-state index is 13.6. The number of H-pyrrole nitrogens is 1. The molecule has 3 aliphatic heterocycles. The number of imide groups is 1. The van der Waals surface area contributed by atoms with Crippen LogP contribution in [-0.4, -0.2) is 75.1 Å². The smallest absolute Gasteiger partial charge is 0.305 e. The fourth-order valence-corrected chi connectivity index (χ4v) is 11.4. The van der Waals surface area contributed by atoms with Crippen molar-refractivity contribution in [2.24, 2.45) is 29.6 Å². The van der Waals surface area contributed by atoms with Crippen LogP contribution in [-0.2, 0) is 19.2 Å². The zero-order valence-corrected chi connectivity index (χ0v) is 25.8. The number of aliphatic carboxylic acids is 1. The first-order valence-corrected chi connectivity index (χ1v) is 16.9. The Morgan fingerprint density at radius 2 is 1.81 bits per heavy atom. The van der Waals surface area contributed by atoms with E-state index in [1.165, 1.54) is 0 Å². The molecule has 10 nitrogen and oxygen atoms in total. The molecule has 7 atom stereocenters. The van der Waals surface area contributed by atoms with Crippen molar-refractivity contribution in [3.05, 3.63) is 42.8 Å². The summed E-state index contributed by atoms with van der Waals surface area (Å²) in [6.07, 6.45) is 3.57. The predicted octanol–water partition coefficient (Wildman–Crippen LogP) is 3.54. The average Bonchev–Trinajstić information content (AvgIpc) is 3.70. The molecule has 2 bridgehead atoms. The normalized spacial score (nSPS) is 31.2. The number of hydrogen-bond donors (Lipinski definition) is 2. The number of carboxylic acid groups (broad SMARTS) is 1. The van der Waals surface area contributed by atoms with E-state index in [0.29, 0.717) is 5.75 Å². The number of rotatable bonds is 7. The number of carbonyl (C=O) groups is 4. The lowest BCUT2D eigenvalue weighted by Gasteiger charge is -2.43. The van der Waals surface area contributed by atoms with Gasteiger partial charge in [-0.1, -0.05) is 27.3 Å². The number of halogens is 1. The van der Waals surface area contributed by atoms with Crippen molar-refractivity contribution in [3.63, 3.8) is 0 Å². The number of hydrogen-bond acceptors (Lipinski definition) is 8. The summed E-state index contributed by atoms with van der Waals surface area (Å²) in [5.41, 5.74) is 0.853. The lowest BCUT2D eigenvalue weighted by molar-refractivity contribution is -0.142. The standard InChI is InChI=1S/C29H30BrN3O7S2/c30-13-4-5-17(40-12-18(34)32-7-2-1-3-8-32)14(10-13)20-21-15-11-16(24(21)41-26-25(20)42-29(39)31-26)23-22(15)27(37)33(28(23)38)9-6-19(35)36/h4-5,10,15-16,20-24H,1-3,6-9,11-12H2,(H,31,39)(H,35,36)/t15?,16?,20-,21?,22?,23?,24?/m1/s1. The molecule has 0 spiro atoms. The van der Waals surface area contributed by atoms with E-state index >= 15 is 0 Å².